The van der Waals surface area contributed by atoms with Gasteiger partial charge in [0, 0.05) is 5.56 Å². The van der Waals surface area contributed by atoms with Gasteiger partial charge in [-0.2, -0.15) is 0 Å². The van der Waals surface area contributed by atoms with Gasteiger partial charge in [0.25, 0.3) is 0 Å². The Bertz CT molecular complexity index is 377. The fraction of sp³-hybridized carbons (Fsp3) is 0.625. The second-order valence-corrected chi connectivity index (χ2v) is 5.09. The Morgan fingerprint density at radius 2 is 2.05 bits per heavy atom. The molecule has 1 rings (SSSR count). The van der Waals surface area contributed by atoms with Crippen molar-refractivity contribution in [1.29, 1.82) is 0 Å². The highest BCUT2D eigenvalue weighted by Crippen LogP contribution is 2.27. The molecule has 3 heteroatoms. The van der Waals surface area contributed by atoms with Gasteiger partial charge in [0.05, 0.1) is 12.7 Å². The molecule has 108 valence electrons. The summed E-state index contributed by atoms with van der Waals surface area (Å²) < 4.78 is 18.9. The highest BCUT2D eigenvalue weighted by Gasteiger charge is 2.13. The van der Waals surface area contributed by atoms with Crippen LogP contribution in [0.3, 0.4) is 0 Å². The number of hydrogen-bond acceptors (Lipinski definition) is 2. The molecular formula is C16H25FO2. The van der Waals surface area contributed by atoms with Crippen LogP contribution in [-0.4, -0.2) is 11.7 Å². The van der Waals surface area contributed by atoms with Crippen molar-refractivity contribution in [2.75, 3.05) is 6.61 Å². The van der Waals surface area contributed by atoms with Crippen LogP contribution in [0.2, 0.25) is 0 Å². The van der Waals surface area contributed by atoms with E-state index in [2.05, 4.69) is 13.8 Å². The van der Waals surface area contributed by atoms with Crippen molar-refractivity contribution in [1.82, 2.24) is 0 Å². The summed E-state index contributed by atoms with van der Waals surface area (Å²) in [6.45, 7) is 6.58. The topological polar surface area (TPSA) is 29.5 Å². The van der Waals surface area contributed by atoms with Crippen LogP contribution in [0.4, 0.5) is 4.39 Å². The molecular weight excluding hydrogens is 243 g/mol. The molecule has 2 atom stereocenters. The lowest BCUT2D eigenvalue weighted by atomic mass is 10.0. The summed E-state index contributed by atoms with van der Waals surface area (Å²) in [5.41, 5.74) is 0.519. The third kappa shape index (κ3) is 5.19. The van der Waals surface area contributed by atoms with Gasteiger partial charge in [-0.15, -0.1) is 0 Å². The largest absolute Gasteiger partial charge is 0.493 e. The fourth-order valence-corrected chi connectivity index (χ4v) is 2.08. The Hall–Kier alpha value is -1.09. The molecule has 1 N–H and O–H groups in total. The van der Waals surface area contributed by atoms with Crippen LogP contribution in [0, 0.1) is 11.7 Å². The number of aliphatic hydroxyl groups is 1. The van der Waals surface area contributed by atoms with E-state index in [0.29, 0.717) is 23.8 Å². The number of rotatable bonds is 8. The van der Waals surface area contributed by atoms with E-state index in [1.165, 1.54) is 25.0 Å². The van der Waals surface area contributed by atoms with Crippen LogP contribution >= 0.6 is 0 Å². The third-order valence-corrected chi connectivity index (χ3v) is 3.44. The lowest BCUT2D eigenvalue weighted by Gasteiger charge is -2.18. The molecule has 0 bridgehead atoms. The summed E-state index contributed by atoms with van der Waals surface area (Å²) in [6.07, 6.45) is 3.89. The number of halogens is 1. The quantitative estimate of drug-likeness (QED) is 0.753. The average Bonchev–Trinajstić information content (AvgIpc) is 2.40. The predicted molar refractivity (Wildman–Crippen MR) is 75.8 cm³/mol. The summed E-state index contributed by atoms with van der Waals surface area (Å²) in [5, 5.41) is 9.65. The number of ether oxygens (including phenoxy) is 1. The van der Waals surface area contributed by atoms with Crippen molar-refractivity contribution < 1.29 is 14.2 Å². The Kier molecular flexibility index (Phi) is 6.85. The molecule has 0 fully saturated rings. The Morgan fingerprint density at radius 3 is 2.63 bits per heavy atom. The minimum Gasteiger partial charge on any atom is -0.493 e. The van der Waals surface area contributed by atoms with E-state index in [1.807, 2.05) is 0 Å². The normalized spacial score (nSPS) is 14.2. The Labute approximate surface area is 115 Å². The summed E-state index contributed by atoms with van der Waals surface area (Å²) in [6, 6.07) is 4.31. The van der Waals surface area contributed by atoms with E-state index in [0.717, 1.165) is 12.8 Å². The number of aliphatic hydroxyl groups excluding tert-OH is 1. The minimum atomic E-state index is -0.721. The van der Waals surface area contributed by atoms with Crippen molar-refractivity contribution in [2.24, 2.45) is 5.92 Å². The van der Waals surface area contributed by atoms with Crippen LogP contribution in [0.1, 0.15) is 58.1 Å². The van der Waals surface area contributed by atoms with Gasteiger partial charge >= 0.3 is 0 Å². The molecule has 0 aliphatic carbocycles. The van der Waals surface area contributed by atoms with Gasteiger partial charge in [-0.1, -0.05) is 33.1 Å². The summed E-state index contributed by atoms with van der Waals surface area (Å²) in [7, 11) is 0. The number of unbranched alkanes of at least 4 members (excludes halogenated alkanes) is 1. The number of benzene rings is 1. The fourth-order valence-electron chi connectivity index (χ4n) is 2.08. The van der Waals surface area contributed by atoms with Crippen LogP contribution < -0.4 is 4.74 Å². The molecule has 0 aliphatic rings. The minimum absolute atomic E-state index is 0.346. The number of hydrogen-bond donors (Lipinski definition) is 1. The molecule has 0 aliphatic heterocycles. The standard InChI is InChI=1S/C16H25FO2/c1-4-6-7-13(5-2)11-19-16-9-8-14(17)10-15(16)12(3)18/h8-10,12-13,18H,4-7,11H2,1-3H3. The first kappa shape index (κ1) is 16.0. The second-order valence-electron chi connectivity index (χ2n) is 5.09. The first-order valence-corrected chi connectivity index (χ1v) is 7.18. The molecule has 0 amide bonds. The monoisotopic (exact) mass is 268 g/mol. The zero-order valence-corrected chi connectivity index (χ0v) is 12.2. The molecule has 2 unspecified atom stereocenters. The van der Waals surface area contributed by atoms with Gasteiger partial charge in [0.2, 0.25) is 0 Å². The first-order valence-electron chi connectivity index (χ1n) is 7.18. The molecule has 1 aromatic rings. The van der Waals surface area contributed by atoms with E-state index in [4.69, 9.17) is 4.74 Å². The van der Waals surface area contributed by atoms with E-state index in [-0.39, 0.29) is 5.82 Å². The lowest BCUT2D eigenvalue weighted by Crippen LogP contribution is -2.12. The van der Waals surface area contributed by atoms with Crippen molar-refractivity contribution in [3.8, 4) is 5.75 Å². The maximum Gasteiger partial charge on any atom is 0.125 e. The molecule has 0 saturated carbocycles. The third-order valence-electron chi connectivity index (χ3n) is 3.44. The van der Waals surface area contributed by atoms with Gasteiger partial charge in [-0.05, 0) is 37.5 Å². The predicted octanol–water partition coefficient (Wildman–Crippen LogP) is 4.47. The van der Waals surface area contributed by atoms with Crippen LogP contribution in [0.25, 0.3) is 0 Å². The highest BCUT2D eigenvalue weighted by atomic mass is 19.1. The molecule has 0 saturated heterocycles. The van der Waals surface area contributed by atoms with Crippen LogP contribution in [0.15, 0.2) is 18.2 Å². The van der Waals surface area contributed by atoms with Gasteiger partial charge < -0.3 is 9.84 Å². The van der Waals surface area contributed by atoms with E-state index >= 15 is 0 Å². The Morgan fingerprint density at radius 1 is 1.32 bits per heavy atom. The van der Waals surface area contributed by atoms with Crippen molar-refractivity contribution >= 4 is 0 Å². The molecule has 19 heavy (non-hydrogen) atoms. The molecule has 2 nitrogen and oxygen atoms in total. The van der Waals surface area contributed by atoms with E-state index in [9.17, 15) is 9.50 Å². The first-order chi connectivity index (χ1) is 9.08. The smallest absolute Gasteiger partial charge is 0.125 e. The molecule has 0 heterocycles. The maximum absolute atomic E-state index is 13.2. The highest BCUT2D eigenvalue weighted by molar-refractivity contribution is 5.35. The summed E-state index contributed by atoms with van der Waals surface area (Å²) >= 11 is 0. The van der Waals surface area contributed by atoms with Gasteiger partial charge in [-0.25, -0.2) is 4.39 Å². The van der Waals surface area contributed by atoms with Crippen LogP contribution in [0.5, 0.6) is 5.75 Å². The zero-order chi connectivity index (χ0) is 14.3. The van der Waals surface area contributed by atoms with Crippen molar-refractivity contribution in [2.45, 2.75) is 52.6 Å². The van der Waals surface area contributed by atoms with E-state index in [1.54, 1.807) is 13.0 Å². The summed E-state index contributed by atoms with van der Waals surface area (Å²) in [4.78, 5) is 0. The second kappa shape index (κ2) is 8.16. The average molecular weight is 268 g/mol. The van der Waals surface area contributed by atoms with Crippen LogP contribution in [-0.2, 0) is 0 Å². The van der Waals surface area contributed by atoms with Gasteiger partial charge in [-0.3, -0.25) is 0 Å². The van der Waals surface area contributed by atoms with Gasteiger partial charge in [0.1, 0.15) is 11.6 Å². The zero-order valence-electron chi connectivity index (χ0n) is 12.2. The van der Waals surface area contributed by atoms with Crippen molar-refractivity contribution in [3.05, 3.63) is 29.6 Å². The molecule has 0 aromatic heterocycles. The maximum atomic E-state index is 13.2. The SMILES string of the molecule is CCCCC(CC)COc1ccc(F)cc1C(C)O. The van der Waals surface area contributed by atoms with Crippen molar-refractivity contribution in [3.63, 3.8) is 0 Å². The lowest BCUT2D eigenvalue weighted by molar-refractivity contribution is 0.183. The molecule has 0 radical (unpaired) electrons. The summed E-state index contributed by atoms with van der Waals surface area (Å²) in [5.74, 6) is 0.763. The van der Waals surface area contributed by atoms with Gasteiger partial charge in [0.15, 0.2) is 0 Å². The Balaban J connectivity index is 2.65. The molecule has 1 aromatic carbocycles. The van der Waals surface area contributed by atoms with E-state index < -0.39 is 6.10 Å². The molecule has 0 spiro atoms.